The molecule has 1 aliphatic rings. The number of aryl methyl sites for hydroxylation is 1. The first-order valence-corrected chi connectivity index (χ1v) is 7.08. The summed E-state index contributed by atoms with van der Waals surface area (Å²) in [4.78, 5) is 8.79. The second-order valence-corrected chi connectivity index (χ2v) is 5.34. The number of hydrogen-bond acceptors (Lipinski definition) is 4. The fourth-order valence-electron chi connectivity index (χ4n) is 2.27. The Bertz CT molecular complexity index is 618. The predicted octanol–water partition coefficient (Wildman–Crippen LogP) is 2.49. The van der Waals surface area contributed by atoms with Crippen molar-refractivity contribution in [2.45, 2.75) is 53.2 Å². The summed E-state index contributed by atoms with van der Waals surface area (Å²) in [6.07, 6.45) is 0.814. The van der Waals surface area contributed by atoms with Crippen LogP contribution in [-0.2, 0) is 33.4 Å². The van der Waals surface area contributed by atoms with E-state index in [0.717, 1.165) is 35.5 Å². The summed E-state index contributed by atoms with van der Waals surface area (Å²) < 4.78 is 1.77. The van der Waals surface area contributed by atoms with Gasteiger partial charge in [0.2, 0.25) is 0 Å². The average molecular weight is 463 g/mol. The molecule has 0 aliphatic carbocycles. The molecule has 0 spiro atoms. The Labute approximate surface area is 139 Å². The van der Waals surface area contributed by atoms with E-state index in [-0.39, 0.29) is 20.4 Å². The van der Waals surface area contributed by atoms with Crippen LogP contribution in [0.1, 0.15) is 39.2 Å². The molecule has 2 aromatic rings. The van der Waals surface area contributed by atoms with Crippen molar-refractivity contribution in [1.29, 1.82) is 0 Å². The molecule has 3 rings (SSSR count). The van der Waals surface area contributed by atoms with Crippen LogP contribution in [0.25, 0.3) is 16.4 Å². The number of nitrogens with zero attached hydrogens (tertiary/aromatic N) is 5. The van der Waals surface area contributed by atoms with Crippen LogP contribution < -0.4 is 0 Å². The molecule has 0 saturated carbocycles. The van der Waals surface area contributed by atoms with E-state index in [1.807, 2.05) is 20.8 Å². The molecule has 0 amide bonds. The Hall–Kier alpha value is -1.03. The first-order valence-electron chi connectivity index (χ1n) is 7.08. The molecular weight excluding hydrogens is 440 g/mol. The maximum atomic E-state index is 9.94. The van der Waals surface area contributed by atoms with Gasteiger partial charge in [-0.3, -0.25) is 0 Å². The van der Waals surface area contributed by atoms with Crippen LogP contribution >= 0.6 is 0 Å². The topological polar surface area (TPSA) is 77.9 Å². The summed E-state index contributed by atoms with van der Waals surface area (Å²) in [5.41, 5.74) is 0.942. The van der Waals surface area contributed by atoms with E-state index in [2.05, 4.69) is 20.4 Å². The minimum Gasteiger partial charge on any atom is -0.464 e. The van der Waals surface area contributed by atoms with Gasteiger partial charge in [0, 0.05) is 31.6 Å². The molecule has 1 aliphatic heterocycles. The van der Waals surface area contributed by atoms with Crippen molar-refractivity contribution in [2.24, 2.45) is 0 Å². The van der Waals surface area contributed by atoms with Crippen LogP contribution in [0.15, 0.2) is 0 Å². The summed E-state index contributed by atoms with van der Waals surface area (Å²) in [6, 6.07) is 0. The predicted molar refractivity (Wildman–Crippen MR) is 79.3 cm³/mol. The third-order valence-electron chi connectivity index (χ3n) is 2.90. The molecule has 2 aromatic heterocycles. The number of hydrogen-bond donors (Lipinski definition) is 1. The van der Waals surface area contributed by atoms with Crippen molar-refractivity contribution >= 4 is 16.9 Å². The van der Waals surface area contributed by atoms with Crippen LogP contribution in [-0.4, -0.2) is 37.0 Å². The Balaban J connectivity index is 0.000000706. The molecule has 1 radical (unpaired) electrons. The molecule has 0 aromatic carbocycles. The number of aromatic nitrogens is 4. The Morgan fingerprint density at radius 3 is 2.57 bits per heavy atom. The maximum Gasteiger partial charge on any atom is 0.157 e. The minimum absolute atomic E-state index is 0. The normalized spacial score (nSPS) is 13.0. The first-order chi connectivity index (χ1) is 9.44. The molecule has 117 valence electrons. The zero-order valence-electron chi connectivity index (χ0n) is 13.2. The molecule has 3 heterocycles. The smallest absolute Gasteiger partial charge is 0.157 e. The molecule has 0 fully saturated rings. The quantitative estimate of drug-likeness (QED) is 0.744. The van der Waals surface area contributed by atoms with Crippen LogP contribution in [0, 0.1) is 6.92 Å². The summed E-state index contributed by atoms with van der Waals surface area (Å²) in [7, 11) is 0. The van der Waals surface area contributed by atoms with Gasteiger partial charge in [-0.1, -0.05) is 13.8 Å². The molecule has 0 saturated heterocycles. The molecule has 0 bridgehead atoms. The zero-order valence-corrected chi connectivity index (χ0v) is 15.9. The van der Waals surface area contributed by atoms with Crippen molar-refractivity contribution in [3.8, 4) is 0 Å². The van der Waals surface area contributed by atoms with E-state index in [1.165, 1.54) is 0 Å². The van der Waals surface area contributed by atoms with Crippen molar-refractivity contribution in [3.05, 3.63) is 16.8 Å². The van der Waals surface area contributed by atoms with Gasteiger partial charge in [-0.2, -0.15) is 5.10 Å². The molecule has 7 heteroatoms. The number of aliphatic hydroxyl groups is 1. The fourth-order valence-corrected chi connectivity index (χ4v) is 2.27. The molecule has 6 nitrogen and oxygen atoms in total. The van der Waals surface area contributed by atoms with Gasteiger partial charge in [-0.15, -0.1) is 0 Å². The van der Waals surface area contributed by atoms with Crippen molar-refractivity contribution in [3.63, 3.8) is 0 Å². The van der Waals surface area contributed by atoms with E-state index >= 15 is 0 Å². The van der Waals surface area contributed by atoms with Crippen molar-refractivity contribution in [2.75, 3.05) is 6.54 Å². The van der Waals surface area contributed by atoms with Crippen LogP contribution in [0.4, 0.5) is 5.82 Å². The van der Waals surface area contributed by atoms with Crippen molar-refractivity contribution < 1.29 is 25.5 Å². The summed E-state index contributed by atoms with van der Waals surface area (Å²) in [5, 5.41) is 19.8. The third-order valence-corrected chi connectivity index (χ3v) is 2.90. The van der Waals surface area contributed by atoms with Gasteiger partial charge in [0.05, 0.1) is 17.8 Å². The van der Waals surface area contributed by atoms with Gasteiger partial charge < -0.3 is 15.4 Å². The second kappa shape index (κ2) is 6.82. The maximum absolute atomic E-state index is 9.94. The van der Waals surface area contributed by atoms with Crippen LogP contribution in [0.2, 0.25) is 0 Å². The molecule has 0 atom stereocenters. The Morgan fingerprint density at radius 2 is 1.95 bits per heavy atom. The standard InChI is InChI=1S/C12H16N5O.C2H6.Re/c1-7-14-10-9-8(4-5-13-10)16-17(11(9)15-7)6-12(2,3)18;1-2;/h18H,4-6H2,1-3H3;1-2H3;/q-1;;. The monoisotopic (exact) mass is 463 g/mol. The van der Waals surface area contributed by atoms with Gasteiger partial charge in [0.25, 0.3) is 0 Å². The van der Waals surface area contributed by atoms with E-state index in [1.54, 1.807) is 18.5 Å². The summed E-state index contributed by atoms with van der Waals surface area (Å²) in [6.45, 7) is 10.5. The Morgan fingerprint density at radius 1 is 1.29 bits per heavy atom. The van der Waals surface area contributed by atoms with Gasteiger partial charge in [0.1, 0.15) is 0 Å². The number of rotatable bonds is 2. The Kier molecular flexibility index (Phi) is 5.85. The van der Waals surface area contributed by atoms with E-state index in [9.17, 15) is 5.11 Å². The second-order valence-electron chi connectivity index (χ2n) is 5.34. The van der Waals surface area contributed by atoms with Gasteiger partial charge in [-0.05, 0) is 39.6 Å². The van der Waals surface area contributed by atoms with Gasteiger partial charge >= 0.3 is 0 Å². The first kappa shape index (κ1) is 18.0. The average Bonchev–Trinajstić information content (AvgIpc) is 2.69. The summed E-state index contributed by atoms with van der Waals surface area (Å²) in [5.74, 6) is 1.42. The van der Waals surface area contributed by atoms with E-state index in [0.29, 0.717) is 12.4 Å². The van der Waals surface area contributed by atoms with E-state index in [4.69, 9.17) is 0 Å². The van der Waals surface area contributed by atoms with Gasteiger partial charge in [-0.25, -0.2) is 9.67 Å². The zero-order chi connectivity index (χ0) is 14.9. The molecular formula is C14H22N5ORe-. The largest absolute Gasteiger partial charge is 0.464 e. The van der Waals surface area contributed by atoms with E-state index < -0.39 is 5.60 Å². The fraction of sp³-hybridized carbons (Fsp3) is 0.643. The van der Waals surface area contributed by atoms with Crippen LogP contribution in [0.3, 0.4) is 0 Å². The molecule has 1 N–H and O–H groups in total. The summed E-state index contributed by atoms with van der Waals surface area (Å²) >= 11 is 0. The third kappa shape index (κ3) is 3.79. The SMILES string of the molecule is CC.Cc1nc2c3c(nn(CC(C)(C)O)c3n1)CC[N-]2.[Re]. The van der Waals surface area contributed by atoms with Crippen molar-refractivity contribution in [1.82, 2.24) is 19.7 Å². The molecule has 21 heavy (non-hydrogen) atoms. The van der Waals surface area contributed by atoms with Crippen LogP contribution in [0.5, 0.6) is 0 Å². The van der Waals surface area contributed by atoms with Gasteiger partial charge in [0.15, 0.2) is 5.65 Å². The molecule has 0 unspecified atom stereocenters. The minimum atomic E-state index is -0.819.